The minimum atomic E-state index is -1.02. The van der Waals surface area contributed by atoms with Crippen LogP contribution in [0.4, 0.5) is 0 Å². The van der Waals surface area contributed by atoms with E-state index in [9.17, 15) is 4.79 Å². The van der Waals surface area contributed by atoms with E-state index in [1.165, 1.54) is 6.20 Å². The van der Waals surface area contributed by atoms with E-state index in [1.54, 1.807) is 17.5 Å². The molecule has 5 nitrogen and oxygen atoms in total. The number of aryl methyl sites for hydroxylation is 2. The number of fused-ring (bicyclic) bond motifs is 1. The number of aromatic carboxylic acids is 1. The fraction of sp³-hybridized carbons (Fsp3) is 0.222. The number of hydrogen-bond donors (Lipinski definition) is 1. The number of hydrogen-bond acceptors (Lipinski definition) is 3. The van der Waals surface area contributed by atoms with Crippen molar-refractivity contribution in [3.05, 3.63) is 29.5 Å². The summed E-state index contributed by atoms with van der Waals surface area (Å²) in [4.78, 5) is 18.8. The van der Waals surface area contributed by atoms with Gasteiger partial charge in [0.15, 0.2) is 5.69 Å². The molecule has 0 aliphatic rings. The summed E-state index contributed by atoms with van der Waals surface area (Å²) < 4.78 is 1.68. The molecule has 2 aromatic heterocycles. The first-order valence-corrected chi connectivity index (χ1v) is 4.14. The lowest BCUT2D eigenvalue weighted by molar-refractivity contribution is 0.0691. The second kappa shape index (κ2) is 2.80. The summed E-state index contributed by atoms with van der Waals surface area (Å²) in [5.41, 5.74) is 1.56. The summed E-state index contributed by atoms with van der Waals surface area (Å²) in [7, 11) is 0. The first-order valence-electron chi connectivity index (χ1n) is 4.14. The fourth-order valence-corrected chi connectivity index (χ4v) is 1.32. The molecule has 2 rings (SSSR count). The highest BCUT2D eigenvalue weighted by molar-refractivity contribution is 5.86. The molecular weight excluding hydrogens is 182 g/mol. The second-order valence-corrected chi connectivity index (χ2v) is 3.11. The topological polar surface area (TPSA) is 67.5 Å². The van der Waals surface area contributed by atoms with Crippen LogP contribution in [0, 0.1) is 13.8 Å². The molecule has 1 N–H and O–H groups in total. The Morgan fingerprint density at radius 1 is 1.50 bits per heavy atom. The van der Waals surface area contributed by atoms with E-state index >= 15 is 0 Å². The normalized spacial score (nSPS) is 10.7. The molecule has 14 heavy (non-hydrogen) atoms. The SMILES string of the molecule is Cc1cnc(C)n2cc(C(=O)O)nc12. The molecule has 0 fully saturated rings. The van der Waals surface area contributed by atoms with E-state index in [0.717, 1.165) is 11.4 Å². The molecule has 0 spiro atoms. The van der Waals surface area contributed by atoms with Crippen molar-refractivity contribution in [1.82, 2.24) is 14.4 Å². The van der Waals surface area contributed by atoms with Crippen LogP contribution in [0.25, 0.3) is 5.65 Å². The van der Waals surface area contributed by atoms with Crippen molar-refractivity contribution >= 4 is 11.6 Å². The molecule has 5 heteroatoms. The van der Waals surface area contributed by atoms with Crippen molar-refractivity contribution in [2.75, 3.05) is 0 Å². The van der Waals surface area contributed by atoms with Crippen LogP contribution in [0.1, 0.15) is 21.9 Å². The molecule has 0 aliphatic heterocycles. The van der Waals surface area contributed by atoms with Crippen LogP contribution in [-0.4, -0.2) is 25.4 Å². The van der Waals surface area contributed by atoms with Gasteiger partial charge in [-0.05, 0) is 13.8 Å². The molecule has 0 aromatic carbocycles. The van der Waals surface area contributed by atoms with Crippen LogP contribution in [0.15, 0.2) is 12.4 Å². The van der Waals surface area contributed by atoms with Gasteiger partial charge in [0.25, 0.3) is 0 Å². The molecule has 0 atom stereocenters. The van der Waals surface area contributed by atoms with Gasteiger partial charge in [0.05, 0.1) is 0 Å². The number of carboxylic acids is 1. The van der Waals surface area contributed by atoms with E-state index in [0.29, 0.717) is 5.65 Å². The first-order chi connectivity index (χ1) is 6.59. The molecule has 0 amide bonds. The summed E-state index contributed by atoms with van der Waals surface area (Å²) in [6, 6.07) is 0. The Labute approximate surface area is 80.0 Å². The minimum absolute atomic E-state index is 0.0456. The van der Waals surface area contributed by atoms with Gasteiger partial charge in [-0.3, -0.25) is 4.40 Å². The van der Waals surface area contributed by atoms with Crippen LogP contribution in [0.3, 0.4) is 0 Å². The first kappa shape index (κ1) is 8.68. The molecule has 0 bridgehead atoms. The Balaban J connectivity index is 2.82. The minimum Gasteiger partial charge on any atom is -0.476 e. The van der Waals surface area contributed by atoms with E-state index in [1.807, 2.05) is 6.92 Å². The van der Waals surface area contributed by atoms with Crippen LogP contribution >= 0.6 is 0 Å². The molecule has 0 unspecified atom stereocenters. The average molecular weight is 191 g/mol. The summed E-state index contributed by atoms with van der Waals surface area (Å²) >= 11 is 0. The summed E-state index contributed by atoms with van der Waals surface area (Å²) in [5, 5.41) is 8.77. The van der Waals surface area contributed by atoms with E-state index in [2.05, 4.69) is 9.97 Å². The highest BCUT2D eigenvalue weighted by Crippen LogP contribution is 2.10. The van der Waals surface area contributed by atoms with Gasteiger partial charge in [0.1, 0.15) is 11.5 Å². The molecule has 72 valence electrons. The van der Waals surface area contributed by atoms with Crippen LogP contribution < -0.4 is 0 Å². The van der Waals surface area contributed by atoms with Gasteiger partial charge in [-0.1, -0.05) is 0 Å². The number of aromatic nitrogens is 3. The maximum atomic E-state index is 10.7. The molecule has 0 radical (unpaired) electrons. The van der Waals surface area contributed by atoms with Crippen LogP contribution in [0.5, 0.6) is 0 Å². The van der Waals surface area contributed by atoms with Gasteiger partial charge in [-0.2, -0.15) is 0 Å². The van der Waals surface area contributed by atoms with Crippen LogP contribution in [0.2, 0.25) is 0 Å². The van der Waals surface area contributed by atoms with Gasteiger partial charge in [0.2, 0.25) is 0 Å². The van der Waals surface area contributed by atoms with E-state index in [4.69, 9.17) is 5.11 Å². The Morgan fingerprint density at radius 2 is 2.21 bits per heavy atom. The molecule has 0 saturated heterocycles. The maximum Gasteiger partial charge on any atom is 0.356 e. The number of imidazole rings is 1. The monoisotopic (exact) mass is 191 g/mol. The van der Waals surface area contributed by atoms with Crippen molar-refractivity contribution in [3.8, 4) is 0 Å². The Hall–Kier alpha value is -1.91. The zero-order valence-corrected chi connectivity index (χ0v) is 7.85. The Morgan fingerprint density at radius 3 is 2.79 bits per heavy atom. The maximum absolute atomic E-state index is 10.7. The van der Waals surface area contributed by atoms with Gasteiger partial charge < -0.3 is 5.11 Å². The summed E-state index contributed by atoms with van der Waals surface area (Å²) in [6.07, 6.45) is 3.16. The van der Waals surface area contributed by atoms with Crippen molar-refractivity contribution < 1.29 is 9.90 Å². The molecule has 0 saturated carbocycles. The van der Waals surface area contributed by atoms with Gasteiger partial charge in [0, 0.05) is 18.0 Å². The van der Waals surface area contributed by atoms with Gasteiger partial charge in [-0.25, -0.2) is 14.8 Å². The zero-order chi connectivity index (χ0) is 10.3. The highest BCUT2D eigenvalue weighted by Gasteiger charge is 2.11. The third kappa shape index (κ3) is 1.14. The number of nitrogens with zero attached hydrogens (tertiary/aromatic N) is 3. The third-order valence-electron chi connectivity index (χ3n) is 2.07. The summed E-state index contributed by atoms with van der Waals surface area (Å²) in [5.74, 6) is -0.293. The zero-order valence-electron chi connectivity index (χ0n) is 7.85. The fourth-order valence-electron chi connectivity index (χ4n) is 1.32. The van der Waals surface area contributed by atoms with Crippen LogP contribution in [-0.2, 0) is 0 Å². The smallest absolute Gasteiger partial charge is 0.356 e. The van der Waals surface area contributed by atoms with Crippen molar-refractivity contribution in [2.24, 2.45) is 0 Å². The van der Waals surface area contributed by atoms with E-state index in [-0.39, 0.29) is 5.69 Å². The number of carbonyl (C=O) groups is 1. The lowest BCUT2D eigenvalue weighted by atomic mass is 10.3. The lowest BCUT2D eigenvalue weighted by Gasteiger charge is -1.99. The third-order valence-corrected chi connectivity index (χ3v) is 2.07. The molecule has 2 heterocycles. The average Bonchev–Trinajstić information content (AvgIpc) is 2.57. The molecular formula is C9H9N3O2. The standard InChI is InChI=1S/C9H9N3O2/c1-5-3-10-6(2)12-4-7(9(13)14)11-8(5)12/h3-4H,1-2H3,(H,13,14). The second-order valence-electron chi connectivity index (χ2n) is 3.11. The van der Waals surface area contributed by atoms with Crippen molar-refractivity contribution in [1.29, 1.82) is 0 Å². The van der Waals surface area contributed by atoms with Gasteiger partial charge >= 0.3 is 5.97 Å². The van der Waals surface area contributed by atoms with Crippen molar-refractivity contribution in [3.63, 3.8) is 0 Å². The summed E-state index contributed by atoms with van der Waals surface area (Å²) in [6.45, 7) is 3.65. The van der Waals surface area contributed by atoms with Crippen molar-refractivity contribution in [2.45, 2.75) is 13.8 Å². The lowest BCUT2D eigenvalue weighted by Crippen LogP contribution is -1.95. The Kier molecular flexibility index (Phi) is 1.73. The highest BCUT2D eigenvalue weighted by atomic mass is 16.4. The predicted octanol–water partition coefficient (Wildman–Crippen LogP) is 1.04. The van der Waals surface area contributed by atoms with E-state index < -0.39 is 5.97 Å². The van der Waals surface area contributed by atoms with Gasteiger partial charge in [-0.15, -0.1) is 0 Å². The predicted molar refractivity (Wildman–Crippen MR) is 49.4 cm³/mol. The Bertz CT molecular complexity index is 477. The molecule has 0 aliphatic carbocycles. The number of carboxylic acid groups (broad SMARTS) is 1. The number of rotatable bonds is 1. The largest absolute Gasteiger partial charge is 0.476 e. The molecule has 2 aromatic rings. The quantitative estimate of drug-likeness (QED) is 0.731.